The number of nitrogens with two attached hydrogens (primary N) is 1. The lowest BCUT2D eigenvalue weighted by Gasteiger charge is -2.31. The average molecular weight is 270 g/mol. The maximum absolute atomic E-state index is 14.1. The molecular weight excluding hydrogens is 247 g/mol. The zero-order valence-corrected chi connectivity index (χ0v) is 12.4. The first-order valence-electron chi connectivity index (χ1n) is 6.28. The van der Waals surface area contributed by atoms with Gasteiger partial charge in [-0.05, 0) is 31.2 Å². The Balaban J connectivity index is 3.13. The standard InChI is InChI=1S/C14H23FN2S/c1-5-11(9-18-4)17(3)14-12(10(2)16)7-6-8-13(14)15/h6-8,10-11H,5,9,16H2,1-4H3. The average Bonchev–Trinajstić information content (AvgIpc) is 2.34. The number of thioether (sulfide) groups is 1. The number of hydrogen-bond donors (Lipinski definition) is 1. The second kappa shape index (κ2) is 7.00. The van der Waals surface area contributed by atoms with Crippen molar-refractivity contribution in [3.63, 3.8) is 0 Å². The van der Waals surface area contributed by atoms with Crippen LogP contribution in [0.4, 0.5) is 10.1 Å². The molecular formula is C14H23FN2S. The van der Waals surface area contributed by atoms with Gasteiger partial charge in [0.2, 0.25) is 0 Å². The molecule has 102 valence electrons. The summed E-state index contributed by atoms with van der Waals surface area (Å²) in [7, 11) is 1.95. The van der Waals surface area contributed by atoms with Crippen LogP contribution in [0.25, 0.3) is 0 Å². The highest BCUT2D eigenvalue weighted by atomic mass is 32.2. The summed E-state index contributed by atoms with van der Waals surface area (Å²) in [6, 6.07) is 5.30. The SMILES string of the molecule is CCC(CSC)N(C)c1c(F)cccc1C(C)N. The minimum absolute atomic E-state index is 0.162. The number of para-hydroxylation sites is 1. The summed E-state index contributed by atoms with van der Waals surface area (Å²) in [5.74, 6) is 0.798. The van der Waals surface area contributed by atoms with Crippen LogP contribution in [0.3, 0.4) is 0 Å². The summed E-state index contributed by atoms with van der Waals surface area (Å²) in [5, 5.41) is 0. The lowest BCUT2D eigenvalue weighted by atomic mass is 10.0. The zero-order chi connectivity index (χ0) is 13.7. The van der Waals surface area contributed by atoms with Gasteiger partial charge in [0.15, 0.2) is 0 Å². The third kappa shape index (κ3) is 3.39. The van der Waals surface area contributed by atoms with Crippen molar-refractivity contribution in [1.29, 1.82) is 0 Å². The van der Waals surface area contributed by atoms with E-state index in [9.17, 15) is 4.39 Å². The molecule has 0 aliphatic carbocycles. The number of benzene rings is 1. The number of anilines is 1. The highest BCUT2D eigenvalue weighted by molar-refractivity contribution is 7.98. The van der Waals surface area contributed by atoms with E-state index in [1.54, 1.807) is 17.8 Å². The third-order valence-corrected chi connectivity index (χ3v) is 3.96. The van der Waals surface area contributed by atoms with Gasteiger partial charge in [0.1, 0.15) is 5.82 Å². The van der Waals surface area contributed by atoms with E-state index in [4.69, 9.17) is 5.73 Å². The molecule has 1 rings (SSSR count). The van der Waals surface area contributed by atoms with E-state index in [1.807, 2.05) is 24.9 Å². The monoisotopic (exact) mass is 270 g/mol. The summed E-state index contributed by atoms with van der Waals surface area (Å²) in [6.07, 6.45) is 3.06. The number of halogens is 1. The van der Waals surface area contributed by atoms with E-state index in [-0.39, 0.29) is 11.9 Å². The van der Waals surface area contributed by atoms with E-state index in [0.29, 0.717) is 11.7 Å². The molecule has 2 unspecified atom stereocenters. The molecule has 0 heterocycles. The van der Waals surface area contributed by atoms with Crippen molar-refractivity contribution in [3.8, 4) is 0 Å². The molecule has 0 radical (unpaired) electrons. The minimum atomic E-state index is -0.188. The molecule has 0 aliphatic heterocycles. The molecule has 0 fully saturated rings. The molecule has 0 saturated carbocycles. The van der Waals surface area contributed by atoms with E-state index in [1.165, 1.54) is 6.07 Å². The predicted molar refractivity (Wildman–Crippen MR) is 79.9 cm³/mol. The summed E-state index contributed by atoms with van der Waals surface area (Å²) in [6.45, 7) is 4.02. The van der Waals surface area contributed by atoms with E-state index in [2.05, 4.69) is 13.2 Å². The van der Waals surface area contributed by atoms with Crippen molar-refractivity contribution in [2.45, 2.75) is 32.4 Å². The Morgan fingerprint density at radius 1 is 1.44 bits per heavy atom. The van der Waals surface area contributed by atoms with Gasteiger partial charge >= 0.3 is 0 Å². The highest BCUT2D eigenvalue weighted by Crippen LogP contribution is 2.30. The zero-order valence-electron chi connectivity index (χ0n) is 11.6. The van der Waals surface area contributed by atoms with Crippen LogP contribution >= 0.6 is 11.8 Å². The topological polar surface area (TPSA) is 29.3 Å². The fraction of sp³-hybridized carbons (Fsp3) is 0.571. The molecule has 4 heteroatoms. The highest BCUT2D eigenvalue weighted by Gasteiger charge is 2.20. The van der Waals surface area contributed by atoms with Gasteiger partial charge in [0.05, 0.1) is 5.69 Å². The number of rotatable bonds is 6. The normalized spacial score (nSPS) is 14.3. The van der Waals surface area contributed by atoms with Gasteiger partial charge in [0.25, 0.3) is 0 Å². The maximum atomic E-state index is 14.1. The Morgan fingerprint density at radius 3 is 2.61 bits per heavy atom. The lowest BCUT2D eigenvalue weighted by molar-refractivity contribution is 0.595. The van der Waals surface area contributed by atoms with E-state index in [0.717, 1.165) is 17.7 Å². The summed E-state index contributed by atoms with van der Waals surface area (Å²) >= 11 is 1.78. The number of hydrogen-bond acceptors (Lipinski definition) is 3. The Bertz CT molecular complexity index is 382. The smallest absolute Gasteiger partial charge is 0.146 e. The third-order valence-electron chi connectivity index (χ3n) is 3.24. The molecule has 2 atom stereocenters. The van der Waals surface area contributed by atoms with Crippen LogP contribution in [0.5, 0.6) is 0 Å². The molecule has 2 nitrogen and oxygen atoms in total. The van der Waals surface area contributed by atoms with Gasteiger partial charge in [-0.25, -0.2) is 4.39 Å². The van der Waals surface area contributed by atoms with Crippen LogP contribution in [-0.2, 0) is 0 Å². The quantitative estimate of drug-likeness (QED) is 0.859. The van der Waals surface area contributed by atoms with Crippen LogP contribution in [-0.4, -0.2) is 25.1 Å². The first kappa shape index (κ1) is 15.3. The largest absolute Gasteiger partial charge is 0.368 e. The van der Waals surface area contributed by atoms with Gasteiger partial charge in [-0.15, -0.1) is 0 Å². The number of nitrogens with zero attached hydrogens (tertiary/aromatic N) is 1. The fourth-order valence-corrected chi connectivity index (χ4v) is 2.99. The van der Waals surface area contributed by atoms with Gasteiger partial charge in [-0.2, -0.15) is 11.8 Å². The van der Waals surface area contributed by atoms with Crippen molar-refractivity contribution in [2.75, 3.05) is 24.0 Å². The molecule has 0 aromatic heterocycles. The first-order chi connectivity index (χ1) is 8.52. The molecule has 2 N–H and O–H groups in total. The molecule has 0 spiro atoms. The maximum Gasteiger partial charge on any atom is 0.146 e. The van der Waals surface area contributed by atoms with Gasteiger partial charge in [-0.1, -0.05) is 19.1 Å². The van der Waals surface area contributed by atoms with E-state index < -0.39 is 0 Å². The van der Waals surface area contributed by atoms with Gasteiger partial charge in [-0.3, -0.25) is 0 Å². The molecule has 0 amide bonds. The summed E-state index contributed by atoms with van der Waals surface area (Å²) in [5.41, 5.74) is 7.46. The lowest BCUT2D eigenvalue weighted by Crippen LogP contribution is -2.35. The minimum Gasteiger partial charge on any atom is -0.368 e. The van der Waals surface area contributed by atoms with Gasteiger partial charge < -0.3 is 10.6 Å². The summed E-state index contributed by atoms with van der Waals surface area (Å²) in [4.78, 5) is 2.03. The van der Waals surface area contributed by atoms with Crippen LogP contribution in [0.15, 0.2) is 18.2 Å². The molecule has 18 heavy (non-hydrogen) atoms. The van der Waals surface area contributed by atoms with Crippen molar-refractivity contribution in [2.24, 2.45) is 5.73 Å². The Labute approximate surface area is 114 Å². The Kier molecular flexibility index (Phi) is 5.96. The molecule has 1 aromatic carbocycles. The molecule has 0 bridgehead atoms. The predicted octanol–water partition coefficient (Wildman–Crippen LogP) is 3.42. The van der Waals surface area contributed by atoms with Crippen molar-refractivity contribution in [1.82, 2.24) is 0 Å². The summed E-state index contributed by atoms with van der Waals surface area (Å²) < 4.78 is 14.1. The van der Waals surface area contributed by atoms with E-state index >= 15 is 0 Å². The van der Waals surface area contributed by atoms with Crippen molar-refractivity contribution in [3.05, 3.63) is 29.6 Å². The van der Waals surface area contributed by atoms with Crippen LogP contribution < -0.4 is 10.6 Å². The molecule has 0 saturated heterocycles. The van der Waals surface area contributed by atoms with Crippen LogP contribution in [0.1, 0.15) is 31.9 Å². The second-order valence-electron chi connectivity index (χ2n) is 4.59. The van der Waals surface area contributed by atoms with Crippen LogP contribution in [0.2, 0.25) is 0 Å². The second-order valence-corrected chi connectivity index (χ2v) is 5.51. The van der Waals surface area contributed by atoms with Gasteiger partial charge in [0, 0.05) is 24.9 Å². The Morgan fingerprint density at radius 2 is 2.11 bits per heavy atom. The van der Waals surface area contributed by atoms with Crippen LogP contribution in [0, 0.1) is 5.82 Å². The van der Waals surface area contributed by atoms with Crippen molar-refractivity contribution >= 4 is 17.4 Å². The molecule has 1 aromatic rings. The van der Waals surface area contributed by atoms with Crippen molar-refractivity contribution < 1.29 is 4.39 Å². The Hall–Kier alpha value is -0.740. The fourth-order valence-electron chi connectivity index (χ4n) is 2.15. The molecule has 0 aliphatic rings. The first-order valence-corrected chi connectivity index (χ1v) is 7.68.